The molecule has 2 aromatic rings. The van der Waals surface area contributed by atoms with E-state index < -0.39 is 20.6 Å². The minimum Gasteiger partial charge on any atom is -0.324 e. The van der Waals surface area contributed by atoms with Crippen LogP contribution in [-0.4, -0.2) is 25.0 Å². The van der Waals surface area contributed by atoms with Crippen LogP contribution in [0, 0.1) is 6.92 Å². The van der Waals surface area contributed by atoms with E-state index in [4.69, 9.17) is 19.6 Å². The van der Waals surface area contributed by atoms with Crippen molar-refractivity contribution < 1.29 is 28.7 Å². The first-order valence-corrected chi connectivity index (χ1v) is 11.2. The van der Waals surface area contributed by atoms with Crippen LogP contribution in [0.25, 0.3) is 11.1 Å². The van der Waals surface area contributed by atoms with Gasteiger partial charge in [0.1, 0.15) is 0 Å². The molecule has 0 aliphatic carbocycles. The van der Waals surface area contributed by atoms with E-state index in [0.717, 1.165) is 16.7 Å². The molecule has 0 aromatic heterocycles. The van der Waals surface area contributed by atoms with Crippen LogP contribution in [0.2, 0.25) is 0 Å². The van der Waals surface area contributed by atoms with E-state index >= 15 is 0 Å². The summed E-state index contributed by atoms with van der Waals surface area (Å²) in [6.45, 7) is 2.04. The molecule has 8 heteroatoms. The Labute approximate surface area is 146 Å². The van der Waals surface area contributed by atoms with Gasteiger partial charge in [-0.1, -0.05) is 48.5 Å². The molecule has 0 saturated carbocycles. The van der Waals surface area contributed by atoms with Crippen LogP contribution < -0.4 is 0 Å². The van der Waals surface area contributed by atoms with E-state index in [9.17, 15) is 9.13 Å². The molecule has 6 nitrogen and oxygen atoms in total. The predicted molar refractivity (Wildman–Crippen MR) is 97.4 cm³/mol. The largest absolute Gasteiger partial charge is 0.340 e. The minimum absolute atomic E-state index is 0.228. The maximum atomic E-state index is 11.3. The molecule has 2 rings (SSSR count). The quantitative estimate of drug-likeness (QED) is 0.542. The lowest BCUT2D eigenvalue weighted by Gasteiger charge is -2.19. The van der Waals surface area contributed by atoms with Crippen LogP contribution in [0.1, 0.15) is 24.0 Å². The molecule has 0 fully saturated rings. The highest BCUT2D eigenvalue weighted by atomic mass is 31.2. The molecule has 0 amide bonds. The van der Waals surface area contributed by atoms with Gasteiger partial charge < -0.3 is 19.6 Å². The van der Waals surface area contributed by atoms with Crippen molar-refractivity contribution in [2.45, 2.75) is 31.6 Å². The molecule has 0 saturated heterocycles. The van der Waals surface area contributed by atoms with Gasteiger partial charge in [0.25, 0.3) is 0 Å². The molecule has 25 heavy (non-hydrogen) atoms. The smallest absolute Gasteiger partial charge is 0.324 e. The van der Waals surface area contributed by atoms with Crippen LogP contribution in [0.5, 0.6) is 0 Å². The third-order valence-electron chi connectivity index (χ3n) is 4.11. The number of rotatable bonds is 7. The van der Waals surface area contributed by atoms with Crippen molar-refractivity contribution >= 4 is 15.2 Å². The lowest BCUT2D eigenvalue weighted by Crippen LogP contribution is -2.09. The van der Waals surface area contributed by atoms with Gasteiger partial charge in [-0.05, 0) is 48.4 Å². The summed E-state index contributed by atoms with van der Waals surface area (Å²) in [5.74, 6) is 0. The molecule has 0 spiro atoms. The molecule has 0 bridgehead atoms. The molecule has 0 aliphatic heterocycles. The second-order valence-electron chi connectivity index (χ2n) is 6.06. The second-order valence-corrected chi connectivity index (χ2v) is 10.1. The maximum Gasteiger partial charge on any atom is 0.340 e. The number of aryl methyl sites for hydroxylation is 2. The Balaban J connectivity index is 2.02. The normalized spacial score (nSPS) is 12.6. The Kier molecular flexibility index (Phi) is 6.39. The first-order chi connectivity index (χ1) is 11.6. The van der Waals surface area contributed by atoms with Gasteiger partial charge in [-0.15, -0.1) is 0 Å². The molecule has 2 aromatic carbocycles. The van der Waals surface area contributed by atoms with Crippen LogP contribution >= 0.6 is 15.2 Å². The summed E-state index contributed by atoms with van der Waals surface area (Å²) in [6.07, 6.45) is 0.545. The van der Waals surface area contributed by atoms with Gasteiger partial charge in [0.15, 0.2) is 5.40 Å². The van der Waals surface area contributed by atoms with Crippen molar-refractivity contribution in [1.29, 1.82) is 0 Å². The fraction of sp³-hybridized carbons (Fsp3) is 0.294. The van der Waals surface area contributed by atoms with Gasteiger partial charge in [0.05, 0.1) is 0 Å². The highest BCUT2D eigenvalue weighted by molar-refractivity contribution is 7.70. The molecule has 4 N–H and O–H groups in total. The van der Waals surface area contributed by atoms with Crippen LogP contribution in [-0.2, 0) is 15.6 Å². The topological polar surface area (TPSA) is 115 Å². The molecule has 0 unspecified atom stereocenters. The van der Waals surface area contributed by atoms with E-state index in [1.807, 2.05) is 55.5 Å². The Morgan fingerprint density at radius 1 is 0.880 bits per heavy atom. The lowest BCUT2D eigenvalue weighted by atomic mass is 9.98. The molecule has 0 aliphatic rings. The fourth-order valence-electron chi connectivity index (χ4n) is 2.77. The van der Waals surface area contributed by atoms with Gasteiger partial charge in [-0.3, -0.25) is 9.13 Å². The van der Waals surface area contributed by atoms with E-state index in [1.54, 1.807) is 0 Å². The van der Waals surface area contributed by atoms with Crippen molar-refractivity contribution in [2.75, 3.05) is 0 Å². The van der Waals surface area contributed by atoms with E-state index in [2.05, 4.69) is 0 Å². The standard InChI is InChI=1S/C17H22O6P2/c1-13-5-2-3-7-16(13)15-11-9-14(10-12-15)6-4-8-17(24(18,19)20)25(21,22)23/h2-3,5,7,9-12,17H,4,6,8H2,1H3,(H2,18,19,20)(H2,21,22,23). The SMILES string of the molecule is Cc1ccccc1-c1ccc(CCCC(P(=O)(O)O)P(=O)(O)O)cc1. The zero-order valence-corrected chi connectivity index (χ0v) is 15.6. The summed E-state index contributed by atoms with van der Waals surface area (Å²) in [6, 6.07) is 15.8. The molecular weight excluding hydrogens is 362 g/mol. The van der Waals surface area contributed by atoms with E-state index in [0.29, 0.717) is 6.42 Å². The monoisotopic (exact) mass is 384 g/mol. The fourth-order valence-corrected chi connectivity index (χ4v) is 5.37. The van der Waals surface area contributed by atoms with E-state index in [1.165, 1.54) is 5.56 Å². The van der Waals surface area contributed by atoms with Crippen molar-refractivity contribution in [3.05, 3.63) is 59.7 Å². The average molecular weight is 384 g/mol. The summed E-state index contributed by atoms with van der Waals surface area (Å²) in [7, 11) is -9.67. The van der Waals surface area contributed by atoms with Gasteiger partial charge in [0, 0.05) is 0 Å². The highest BCUT2D eigenvalue weighted by Gasteiger charge is 2.42. The Morgan fingerprint density at radius 2 is 1.44 bits per heavy atom. The van der Waals surface area contributed by atoms with Crippen molar-refractivity contribution in [3.63, 3.8) is 0 Å². The first kappa shape index (κ1) is 20.1. The number of benzene rings is 2. The third kappa shape index (κ3) is 5.61. The van der Waals surface area contributed by atoms with Crippen molar-refractivity contribution in [2.24, 2.45) is 0 Å². The maximum absolute atomic E-state index is 11.3. The van der Waals surface area contributed by atoms with Crippen LogP contribution in [0.4, 0.5) is 0 Å². The predicted octanol–water partition coefficient (Wildman–Crippen LogP) is 3.67. The molecular formula is C17H22O6P2. The van der Waals surface area contributed by atoms with Gasteiger partial charge in [0.2, 0.25) is 0 Å². The highest BCUT2D eigenvalue weighted by Crippen LogP contribution is 2.61. The summed E-state index contributed by atoms with van der Waals surface area (Å²) in [4.78, 5) is 36.5. The minimum atomic E-state index is -4.84. The summed E-state index contributed by atoms with van der Waals surface area (Å²) in [5, 5.41) is -1.92. The number of hydrogen-bond acceptors (Lipinski definition) is 2. The zero-order valence-electron chi connectivity index (χ0n) is 13.8. The van der Waals surface area contributed by atoms with Gasteiger partial charge >= 0.3 is 15.2 Å². The molecule has 0 radical (unpaired) electrons. The average Bonchev–Trinajstić information content (AvgIpc) is 2.50. The third-order valence-corrected chi connectivity index (χ3v) is 7.99. The molecule has 0 heterocycles. The van der Waals surface area contributed by atoms with Crippen molar-refractivity contribution in [3.8, 4) is 11.1 Å². The first-order valence-electron chi connectivity index (χ1n) is 7.84. The second kappa shape index (κ2) is 7.96. The Bertz CT molecular complexity index is 784. The van der Waals surface area contributed by atoms with Crippen LogP contribution in [0.15, 0.2) is 48.5 Å². The summed E-state index contributed by atoms with van der Waals surface area (Å²) >= 11 is 0. The Morgan fingerprint density at radius 3 is 1.96 bits per heavy atom. The van der Waals surface area contributed by atoms with Gasteiger partial charge in [-0.2, -0.15) is 0 Å². The Hall–Kier alpha value is -1.26. The van der Waals surface area contributed by atoms with Gasteiger partial charge in [-0.25, -0.2) is 0 Å². The van der Waals surface area contributed by atoms with Crippen LogP contribution in [0.3, 0.4) is 0 Å². The summed E-state index contributed by atoms with van der Waals surface area (Å²) in [5.41, 5.74) is 4.33. The zero-order chi connectivity index (χ0) is 18.7. The molecule has 0 atom stereocenters. The van der Waals surface area contributed by atoms with E-state index in [-0.39, 0.29) is 12.8 Å². The van der Waals surface area contributed by atoms with Crippen molar-refractivity contribution in [1.82, 2.24) is 0 Å². The summed E-state index contributed by atoms with van der Waals surface area (Å²) < 4.78 is 22.5. The lowest BCUT2D eigenvalue weighted by molar-refractivity contribution is 0.334. The molecule has 136 valence electrons. The number of hydrogen-bond donors (Lipinski definition) is 4.